The summed E-state index contributed by atoms with van der Waals surface area (Å²) in [7, 11) is 0. The van der Waals surface area contributed by atoms with Crippen molar-refractivity contribution in [2.45, 2.75) is 39.5 Å². The van der Waals surface area contributed by atoms with E-state index < -0.39 is 0 Å². The summed E-state index contributed by atoms with van der Waals surface area (Å²) in [4.78, 5) is 13.9. The molecule has 1 aromatic rings. The first-order valence-corrected chi connectivity index (χ1v) is 7.16. The molecule has 2 amide bonds. The van der Waals surface area contributed by atoms with Crippen molar-refractivity contribution in [3.05, 3.63) is 29.8 Å². The SMILES string of the molecule is CCCN(CCO)C(=O)Nc1ccccc1C(C)(C)C. The van der Waals surface area contributed by atoms with Gasteiger partial charge in [0.15, 0.2) is 0 Å². The van der Waals surface area contributed by atoms with Gasteiger partial charge in [0.05, 0.1) is 6.61 Å². The van der Waals surface area contributed by atoms with Crippen molar-refractivity contribution < 1.29 is 9.90 Å². The van der Waals surface area contributed by atoms with Crippen LogP contribution in [0.5, 0.6) is 0 Å². The van der Waals surface area contributed by atoms with Crippen LogP contribution in [0, 0.1) is 0 Å². The molecule has 0 spiro atoms. The lowest BCUT2D eigenvalue weighted by molar-refractivity contribution is 0.188. The summed E-state index contributed by atoms with van der Waals surface area (Å²) in [5, 5.41) is 12.0. The molecule has 4 heteroatoms. The van der Waals surface area contributed by atoms with Gasteiger partial charge in [-0.3, -0.25) is 0 Å². The average molecular weight is 278 g/mol. The molecule has 0 saturated carbocycles. The summed E-state index contributed by atoms with van der Waals surface area (Å²) < 4.78 is 0. The highest BCUT2D eigenvalue weighted by molar-refractivity contribution is 5.90. The third-order valence-electron chi connectivity index (χ3n) is 3.13. The molecule has 0 saturated heterocycles. The van der Waals surface area contributed by atoms with Crippen molar-refractivity contribution in [2.24, 2.45) is 0 Å². The Balaban J connectivity index is 2.89. The third kappa shape index (κ3) is 4.53. The molecule has 2 N–H and O–H groups in total. The highest BCUT2D eigenvalue weighted by atomic mass is 16.3. The van der Waals surface area contributed by atoms with Gasteiger partial charge in [-0.2, -0.15) is 0 Å². The number of nitrogens with one attached hydrogen (secondary N) is 1. The van der Waals surface area contributed by atoms with E-state index in [2.05, 4.69) is 26.1 Å². The molecule has 0 radical (unpaired) electrons. The van der Waals surface area contributed by atoms with E-state index in [4.69, 9.17) is 5.11 Å². The van der Waals surface area contributed by atoms with Crippen LogP contribution in [-0.2, 0) is 5.41 Å². The number of anilines is 1. The number of nitrogens with zero attached hydrogens (tertiary/aromatic N) is 1. The molecule has 0 atom stereocenters. The third-order valence-corrected chi connectivity index (χ3v) is 3.13. The fourth-order valence-corrected chi connectivity index (χ4v) is 2.15. The predicted octanol–water partition coefficient (Wildman–Crippen LogP) is 3.22. The molecule has 0 aliphatic heterocycles. The van der Waals surface area contributed by atoms with Gasteiger partial charge in [-0.15, -0.1) is 0 Å². The Bertz CT molecular complexity index is 432. The van der Waals surface area contributed by atoms with Crippen molar-refractivity contribution in [3.63, 3.8) is 0 Å². The molecule has 0 aromatic heterocycles. The number of carbonyl (C=O) groups excluding carboxylic acids is 1. The minimum atomic E-state index is -0.155. The van der Waals surface area contributed by atoms with Crippen LogP contribution in [0.3, 0.4) is 0 Å². The van der Waals surface area contributed by atoms with E-state index >= 15 is 0 Å². The first kappa shape index (κ1) is 16.5. The average Bonchev–Trinajstić information content (AvgIpc) is 2.38. The molecule has 0 heterocycles. The van der Waals surface area contributed by atoms with Gasteiger partial charge in [0.25, 0.3) is 0 Å². The maximum atomic E-state index is 12.3. The number of hydrogen-bond acceptors (Lipinski definition) is 2. The molecule has 0 bridgehead atoms. The second kappa shape index (κ2) is 7.29. The number of hydrogen-bond donors (Lipinski definition) is 2. The van der Waals surface area contributed by atoms with Crippen LogP contribution in [0.4, 0.5) is 10.5 Å². The van der Waals surface area contributed by atoms with Crippen molar-refractivity contribution in [1.82, 2.24) is 4.90 Å². The van der Waals surface area contributed by atoms with Gasteiger partial charge in [0.2, 0.25) is 0 Å². The van der Waals surface area contributed by atoms with Gasteiger partial charge in [0, 0.05) is 18.8 Å². The quantitative estimate of drug-likeness (QED) is 0.869. The summed E-state index contributed by atoms with van der Waals surface area (Å²) in [6.07, 6.45) is 0.869. The molecule has 20 heavy (non-hydrogen) atoms. The number of urea groups is 1. The maximum absolute atomic E-state index is 12.3. The van der Waals surface area contributed by atoms with E-state index in [1.165, 1.54) is 0 Å². The normalized spacial score (nSPS) is 11.2. The van der Waals surface area contributed by atoms with Gasteiger partial charge in [-0.1, -0.05) is 45.9 Å². The first-order valence-electron chi connectivity index (χ1n) is 7.16. The highest BCUT2D eigenvalue weighted by Crippen LogP contribution is 2.29. The van der Waals surface area contributed by atoms with Crippen LogP contribution in [0.1, 0.15) is 39.7 Å². The molecule has 0 aliphatic rings. The minimum Gasteiger partial charge on any atom is -0.395 e. The summed E-state index contributed by atoms with van der Waals surface area (Å²) in [5.41, 5.74) is 1.91. The summed E-state index contributed by atoms with van der Waals surface area (Å²) >= 11 is 0. The van der Waals surface area contributed by atoms with E-state index in [-0.39, 0.29) is 18.1 Å². The number of aliphatic hydroxyl groups is 1. The second-order valence-electron chi connectivity index (χ2n) is 5.94. The lowest BCUT2D eigenvalue weighted by Crippen LogP contribution is -2.38. The number of carbonyl (C=O) groups is 1. The maximum Gasteiger partial charge on any atom is 0.321 e. The lowest BCUT2D eigenvalue weighted by Gasteiger charge is -2.26. The molecular weight excluding hydrogens is 252 g/mol. The van der Waals surface area contributed by atoms with Crippen LogP contribution in [0.15, 0.2) is 24.3 Å². The Hall–Kier alpha value is -1.55. The van der Waals surface area contributed by atoms with E-state index in [0.29, 0.717) is 13.1 Å². The van der Waals surface area contributed by atoms with Crippen molar-refractivity contribution >= 4 is 11.7 Å². The summed E-state index contributed by atoms with van der Waals surface area (Å²) in [6, 6.07) is 7.69. The zero-order valence-corrected chi connectivity index (χ0v) is 12.9. The van der Waals surface area contributed by atoms with Gasteiger partial charge >= 0.3 is 6.03 Å². The zero-order chi connectivity index (χ0) is 15.2. The Morgan fingerprint density at radius 1 is 1.25 bits per heavy atom. The number of aliphatic hydroxyl groups excluding tert-OH is 1. The Morgan fingerprint density at radius 2 is 1.90 bits per heavy atom. The van der Waals surface area contributed by atoms with E-state index in [9.17, 15) is 4.79 Å². The first-order chi connectivity index (χ1) is 9.40. The standard InChI is InChI=1S/C16H26N2O2/c1-5-10-18(11-12-19)15(20)17-14-9-7-6-8-13(14)16(2,3)4/h6-9,19H,5,10-12H2,1-4H3,(H,17,20). The monoisotopic (exact) mass is 278 g/mol. The molecule has 4 nitrogen and oxygen atoms in total. The van der Waals surface area contributed by atoms with Crippen LogP contribution < -0.4 is 5.32 Å². The van der Waals surface area contributed by atoms with E-state index in [0.717, 1.165) is 17.7 Å². The molecule has 1 rings (SSSR count). The van der Waals surface area contributed by atoms with Crippen molar-refractivity contribution in [3.8, 4) is 0 Å². The van der Waals surface area contributed by atoms with Gasteiger partial charge in [-0.25, -0.2) is 4.79 Å². The Kier molecular flexibility index (Phi) is 6.02. The van der Waals surface area contributed by atoms with Crippen LogP contribution >= 0.6 is 0 Å². The van der Waals surface area contributed by atoms with Crippen LogP contribution in [0.25, 0.3) is 0 Å². The van der Waals surface area contributed by atoms with Gasteiger partial charge < -0.3 is 15.3 Å². The second-order valence-corrected chi connectivity index (χ2v) is 5.94. The molecule has 112 valence electrons. The lowest BCUT2D eigenvalue weighted by atomic mass is 9.86. The molecular formula is C16H26N2O2. The highest BCUT2D eigenvalue weighted by Gasteiger charge is 2.20. The summed E-state index contributed by atoms with van der Waals surface area (Å²) in [5.74, 6) is 0. The number of benzene rings is 1. The molecule has 0 fully saturated rings. The van der Waals surface area contributed by atoms with Gasteiger partial charge in [0.1, 0.15) is 0 Å². The number of para-hydroxylation sites is 1. The Morgan fingerprint density at radius 3 is 2.45 bits per heavy atom. The number of amides is 2. The molecule has 0 aliphatic carbocycles. The number of rotatable bonds is 5. The fourth-order valence-electron chi connectivity index (χ4n) is 2.15. The van der Waals surface area contributed by atoms with Crippen molar-refractivity contribution in [2.75, 3.05) is 25.0 Å². The van der Waals surface area contributed by atoms with Crippen LogP contribution in [0.2, 0.25) is 0 Å². The summed E-state index contributed by atoms with van der Waals surface area (Å²) in [6.45, 7) is 9.36. The predicted molar refractivity (Wildman–Crippen MR) is 83.1 cm³/mol. The topological polar surface area (TPSA) is 52.6 Å². The molecule has 1 aromatic carbocycles. The largest absolute Gasteiger partial charge is 0.395 e. The van der Waals surface area contributed by atoms with Crippen molar-refractivity contribution in [1.29, 1.82) is 0 Å². The Labute approximate surface area is 121 Å². The smallest absolute Gasteiger partial charge is 0.321 e. The zero-order valence-electron chi connectivity index (χ0n) is 12.9. The fraction of sp³-hybridized carbons (Fsp3) is 0.562. The minimum absolute atomic E-state index is 0.0195. The van der Waals surface area contributed by atoms with E-state index in [1.807, 2.05) is 31.2 Å². The molecule has 0 unspecified atom stereocenters. The van der Waals surface area contributed by atoms with Crippen LogP contribution in [-0.4, -0.2) is 35.7 Å². The van der Waals surface area contributed by atoms with E-state index in [1.54, 1.807) is 4.90 Å². The van der Waals surface area contributed by atoms with Gasteiger partial charge in [-0.05, 0) is 23.5 Å².